The van der Waals surface area contributed by atoms with Crippen LogP contribution < -0.4 is 10.6 Å². The van der Waals surface area contributed by atoms with Crippen LogP contribution in [-0.4, -0.2) is 38.6 Å². The second-order valence-corrected chi connectivity index (χ2v) is 6.67. The van der Waals surface area contributed by atoms with E-state index in [2.05, 4.69) is 10.6 Å². The van der Waals surface area contributed by atoms with Gasteiger partial charge in [0.05, 0.1) is 10.6 Å². The highest BCUT2D eigenvalue weighted by Crippen LogP contribution is 2.10. The monoisotopic (exact) mass is 312 g/mol. The Hall–Kier alpha value is -1.89. The van der Waals surface area contributed by atoms with Crippen molar-refractivity contribution in [3.05, 3.63) is 30.3 Å². The van der Waals surface area contributed by atoms with Crippen LogP contribution in [0.1, 0.15) is 20.3 Å². The van der Waals surface area contributed by atoms with Crippen LogP contribution in [0, 0.1) is 0 Å². The quantitative estimate of drug-likeness (QED) is 0.766. The largest absolute Gasteiger partial charge is 0.355 e. The van der Waals surface area contributed by atoms with E-state index in [9.17, 15) is 18.0 Å². The fourth-order valence-corrected chi connectivity index (χ4v) is 2.94. The van der Waals surface area contributed by atoms with E-state index in [0.29, 0.717) is 6.54 Å². The van der Waals surface area contributed by atoms with Gasteiger partial charge >= 0.3 is 0 Å². The first kappa shape index (κ1) is 17.2. The van der Waals surface area contributed by atoms with Gasteiger partial charge in [-0.15, -0.1) is 0 Å². The van der Waals surface area contributed by atoms with Crippen molar-refractivity contribution in [2.75, 3.05) is 12.3 Å². The maximum absolute atomic E-state index is 12.0. The van der Waals surface area contributed by atoms with Crippen molar-refractivity contribution in [2.45, 2.75) is 31.2 Å². The lowest BCUT2D eigenvalue weighted by atomic mass is 10.3. The van der Waals surface area contributed by atoms with Gasteiger partial charge < -0.3 is 10.6 Å². The number of sulfone groups is 1. The smallest absolute Gasteiger partial charge is 0.242 e. The van der Waals surface area contributed by atoms with Crippen LogP contribution >= 0.6 is 0 Å². The van der Waals surface area contributed by atoms with Crippen LogP contribution in [0.2, 0.25) is 0 Å². The summed E-state index contributed by atoms with van der Waals surface area (Å²) in [4.78, 5) is 23.3. The van der Waals surface area contributed by atoms with Gasteiger partial charge in [-0.25, -0.2) is 8.42 Å². The lowest BCUT2D eigenvalue weighted by Gasteiger charge is -2.13. The Morgan fingerprint density at radius 3 is 2.38 bits per heavy atom. The zero-order valence-corrected chi connectivity index (χ0v) is 12.9. The van der Waals surface area contributed by atoms with Gasteiger partial charge in [0.15, 0.2) is 9.84 Å². The van der Waals surface area contributed by atoms with E-state index in [1.54, 1.807) is 32.0 Å². The Morgan fingerprint density at radius 1 is 1.19 bits per heavy atom. The Bertz CT molecular complexity index is 584. The molecule has 21 heavy (non-hydrogen) atoms. The van der Waals surface area contributed by atoms with E-state index >= 15 is 0 Å². The number of carbonyl (C=O) groups excluding carboxylic acids is 2. The molecule has 116 valence electrons. The standard InChI is InChI=1S/C14H20N2O4S/c1-3-15-14(18)11(2)16-13(17)9-10-21(19,20)12-7-5-4-6-8-12/h4-8,11H,3,9-10H2,1-2H3,(H,15,18)(H,16,17)/t11-/m0/s1. The summed E-state index contributed by atoms with van der Waals surface area (Å²) in [6.45, 7) is 3.80. The number of rotatable bonds is 7. The molecule has 0 unspecified atom stereocenters. The van der Waals surface area contributed by atoms with Gasteiger partial charge in [0.2, 0.25) is 11.8 Å². The van der Waals surface area contributed by atoms with E-state index in [1.165, 1.54) is 12.1 Å². The first-order chi connectivity index (χ1) is 9.86. The molecule has 7 heteroatoms. The molecule has 0 spiro atoms. The third-order valence-corrected chi connectivity index (χ3v) is 4.55. The van der Waals surface area contributed by atoms with Crippen molar-refractivity contribution in [3.8, 4) is 0 Å². The first-order valence-electron chi connectivity index (χ1n) is 6.71. The average molecular weight is 312 g/mol. The molecule has 2 N–H and O–H groups in total. The Labute approximate surface area is 124 Å². The number of benzene rings is 1. The molecule has 0 saturated heterocycles. The van der Waals surface area contributed by atoms with Crippen LogP contribution in [-0.2, 0) is 19.4 Å². The summed E-state index contributed by atoms with van der Waals surface area (Å²) in [5.74, 6) is -1.05. The van der Waals surface area contributed by atoms with Gasteiger partial charge in [0, 0.05) is 13.0 Å². The van der Waals surface area contributed by atoms with Crippen molar-refractivity contribution >= 4 is 21.7 Å². The van der Waals surface area contributed by atoms with Gasteiger partial charge in [0.1, 0.15) is 6.04 Å². The Kier molecular flexibility index (Phi) is 6.36. The number of hydrogen-bond acceptors (Lipinski definition) is 4. The maximum atomic E-state index is 12.0. The van der Waals surface area contributed by atoms with Crippen molar-refractivity contribution in [1.82, 2.24) is 10.6 Å². The molecule has 0 aliphatic rings. The number of nitrogens with one attached hydrogen (secondary N) is 2. The predicted octanol–water partition coefficient (Wildman–Crippen LogP) is 0.491. The van der Waals surface area contributed by atoms with E-state index in [0.717, 1.165) is 0 Å². The molecule has 0 aliphatic heterocycles. The molecule has 0 aliphatic carbocycles. The molecule has 0 aromatic heterocycles. The molecule has 2 amide bonds. The van der Waals surface area contributed by atoms with Crippen molar-refractivity contribution in [3.63, 3.8) is 0 Å². The molecule has 1 aromatic rings. The molecule has 0 fully saturated rings. The van der Waals surface area contributed by atoms with Crippen LogP contribution in [0.15, 0.2) is 35.2 Å². The summed E-state index contributed by atoms with van der Waals surface area (Å²) in [7, 11) is -3.48. The van der Waals surface area contributed by atoms with Crippen molar-refractivity contribution in [2.24, 2.45) is 0 Å². The Balaban J connectivity index is 2.52. The van der Waals surface area contributed by atoms with Crippen LogP contribution in [0.4, 0.5) is 0 Å². The van der Waals surface area contributed by atoms with E-state index < -0.39 is 21.8 Å². The number of hydrogen-bond donors (Lipinski definition) is 2. The van der Waals surface area contributed by atoms with Crippen LogP contribution in [0.3, 0.4) is 0 Å². The van der Waals surface area contributed by atoms with Crippen LogP contribution in [0.5, 0.6) is 0 Å². The molecular formula is C14H20N2O4S. The average Bonchev–Trinajstić information content (AvgIpc) is 2.46. The summed E-state index contributed by atoms with van der Waals surface area (Å²) in [5, 5.41) is 5.05. The second-order valence-electron chi connectivity index (χ2n) is 4.57. The van der Waals surface area contributed by atoms with E-state index in [4.69, 9.17) is 0 Å². The summed E-state index contributed by atoms with van der Waals surface area (Å²) >= 11 is 0. The van der Waals surface area contributed by atoms with Gasteiger partial charge in [-0.05, 0) is 26.0 Å². The van der Waals surface area contributed by atoms with Gasteiger partial charge in [-0.1, -0.05) is 18.2 Å². The Morgan fingerprint density at radius 2 is 1.81 bits per heavy atom. The van der Waals surface area contributed by atoms with Gasteiger partial charge in [0.25, 0.3) is 0 Å². The predicted molar refractivity (Wildman–Crippen MR) is 79.4 cm³/mol. The van der Waals surface area contributed by atoms with E-state index in [1.807, 2.05) is 0 Å². The third-order valence-electron chi connectivity index (χ3n) is 2.82. The molecule has 0 radical (unpaired) electrons. The molecule has 0 saturated carbocycles. The summed E-state index contributed by atoms with van der Waals surface area (Å²) in [6.07, 6.45) is -0.180. The second kappa shape index (κ2) is 7.78. The number of carbonyl (C=O) groups is 2. The molecule has 6 nitrogen and oxygen atoms in total. The maximum Gasteiger partial charge on any atom is 0.242 e. The van der Waals surface area contributed by atoms with Gasteiger partial charge in [-0.2, -0.15) is 0 Å². The first-order valence-corrected chi connectivity index (χ1v) is 8.37. The highest BCUT2D eigenvalue weighted by molar-refractivity contribution is 7.91. The third kappa shape index (κ3) is 5.55. The summed E-state index contributed by atoms with van der Waals surface area (Å²) in [5.41, 5.74) is 0. The highest BCUT2D eigenvalue weighted by Gasteiger charge is 2.18. The lowest BCUT2D eigenvalue weighted by Crippen LogP contribution is -2.45. The number of likely N-dealkylation sites (N-methyl/N-ethyl adjacent to an activating group) is 1. The fourth-order valence-electron chi connectivity index (χ4n) is 1.68. The minimum atomic E-state index is -3.48. The highest BCUT2D eigenvalue weighted by atomic mass is 32.2. The molecule has 0 bridgehead atoms. The van der Waals surface area contributed by atoms with Crippen LogP contribution in [0.25, 0.3) is 0 Å². The molecular weight excluding hydrogens is 292 g/mol. The molecule has 1 atom stereocenters. The fraction of sp³-hybridized carbons (Fsp3) is 0.429. The SMILES string of the molecule is CCNC(=O)[C@H](C)NC(=O)CCS(=O)(=O)c1ccccc1. The summed E-state index contributed by atoms with van der Waals surface area (Å²) < 4.78 is 24.0. The van der Waals surface area contributed by atoms with Crippen molar-refractivity contribution in [1.29, 1.82) is 0 Å². The van der Waals surface area contributed by atoms with E-state index in [-0.39, 0.29) is 23.0 Å². The molecule has 0 heterocycles. The minimum Gasteiger partial charge on any atom is -0.355 e. The minimum absolute atomic E-state index is 0.180. The normalized spacial score (nSPS) is 12.5. The topological polar surface area (TPSA) is 92.3 Å². The zero-order chi connectivity index (χ0) is 15.9. The molecule has 1 rings (SSSR count). The molecule has 1 aromatic carbocycles. The number of amides is 2. The summed E-state index contributed by atoms with van der Waals surface area (Å²) in [6, 6.07) is 7.28. The zero-order valence-electron chi connectivity index (χ0n) is 12.1. The van der Waals surface area contributed by atoms with Gasteiger partial charge in [-0.3, -0.25) is 9.59 Å². The van der Waals surface area contributed by atoms with Crippen molar-refractivity contribution < 1.29 is 18.0 Å². The lowest BCUT2D eigenvalue weighted by molar-refractivity contribution is -0.128.